The first-order valence-electron chi connectivity index (χ1n) is 11.2. The zero-order valence-electron chi connectivity index (χ0n) is 18.9. The Morgan fingerprint density at radius 2 is 1.97 bits per heavy atom. The summed E-state index contributed by atoms with van der Waals surface area (Å²) in [5.41, 5.74) is 12.1. The zero-order chi connectivity index (χ0) is 23.4. The van der Waals surface area contributed by atoms with E-state index in [-0.39, 0.29) is 23.9 Å². The summed E-state index contributed by atoms with van der Waals surface area (Å²) in [5.74, 6) is -0.0183. The van der Waals surface area contributed by atoms with E-state index >= 15 is 0 Å². The van der Waals surface area contributed by atoms with Crippen molar-refractivity contribution >= 4 is 34.3 Å². The minimum Gasteiger partial charge on any atom is -0.383 e. The van der Waals surface area contributed by atoms with Crippen LogP contribution in [0.15, 0.2) is 54.7 Å². The Morgan fingerprint density at radius 3 is 2.73 bits per heavy atom. The third kappa shape index (κ3) is 5.72. The number of rotatable bonds is 7. The fourth-order valence-corrected chi connectivity index (χ4v) is 4.44. The van der Waals surface area contributed by atoms with Crippen molar-refractivity contribution < 1.29 is 9.53 Å². The number of aromatic nitrogens is 1. The molecule has 1 aliphatic heterocycles. The molecule has 172 valence electrons. The normalized spacial score (nSPS) is 17.8. The molecular weight excluding hydrogens is 527 g/mol. The molecule has 1 fully saturated rings. The second-order valence-corrected chi connectivity index (χ2v) is 9.61. The van der Waals surface area contributed by atoms with Crippen LogP contribution in [0, 0.1) is 10.5 Å². The lowest BCUT2D eigenvalue weighted by molar-refractivity contribution is 0.0357. The van der Waals surface area contributed by atoms with E-state index in [4.69, 9.17) is 10.5 Å². The van der Waals surface area contributed by atoms with Crippen LogP contribution >= 0.6 is 22.6 Å². The first-order chi connectivity index (χ1) is 15.9. The highest BCUT2D eigenvalue weighted by atomic mass is 127. The fourth-order valence-electron chi connectivity index (χ4n) is 4.08. The highest BCUT2D eigenvalue weighted by molar-refractivity contribution is 14.1. The molecule has 1 aliphatic rings. The molecule has 3 aromatic rings. The molecule has 4 N–H and O–H groups in total. The molecule has 1 saturated heterocycles. The lowest BCUT2D eigenvalue weighted by Gasteiger charge is -2.21. The second kappa shape index (κ2) is 10.6. The predicted molar refractivity (Wildman–Crippen MR) is 140 cm³/mol. The molecule has 4 rings (SSSR count). The molecule has 7 heteroatoms. The highest BCUT2D eigenvalue weighted by Crippen LogP contribution is 2.23. The van der Waals surface area contributed by atoms with E-state index in [1.807, 2.05) is 24.3 Å². The molecule has 0 radical (unpaired) electrons. The number of hydrogen-bond acceptors (Lipinski definition) is 5. The number of ether oxygens (including phenoxy) is 1. The topological polar surface area (TPSA) is 89.3 Å². The maximum absolute atomic E-state index is 13.1. The van der Waals surface area contributed by atoms with E-state index in [0.717, 1.165) is 26.7 Å². The summed E-state index contributed by atoms with van der Waals surface area (Å²) in [6.07, 6.45) is 2.58. The number of halogens is 1. The van der Waals surface area contributed by atoms with Gasteiger partial charge in [0, 0.05) is 28.4 Å². The Bertz CT molecular complexity index is 1130. The summed E-state index contributed by atoms with van der Waals surface area (Å²) in [4.78, 5) is 17.3. The molecule has 0 spiro atoms. The molecule has 0 bridgehead atoms. The van der Waals surface area contributed by atoms with Crippen LogP contribution in [0.3, 0.4) is 0 Å². The smallest absolute Gasteiger partial charge is 0.255 e. The number of aryl methyl sites for hydroxylation is 2. The van der Waals surface area contributed by atoms with Gasteiger partial charge in [0.2, 0.25) is 0 Å². The zero-order valence-corrected chi connectivity index (χ0v) is 21.1. The predicted octanol–water partition coefficient (Wildman–Crippen LogP) is 4.09. The van der Waals surface area contributed by atoms with Crippen LogP contribution in [-0.2, 0) is 17.8 Å². The van der Waals surface area contributed by atoms with Crippen molar-refractivity contribution in [1.82, 2.24) is 15.6 Å². The van der Waals surface area contributed by atoms with Crippen molar-refractivity contribution in [2.45, 2.75) is 39.0 Å². The van der Waals surface area contributed by atoms with Crippen molar-refractivity contribution in [3.05, 3.63) is 80.6 Å². The molecular formula is C26H29IN4O2. The Morgan fingerprint density at radius 1 is 1.18 bits per heavy atom. The van der Waals surface area contributed by atoms with Gasteiger partial charge < -0.3 is 21.1 Å². The Hall–Kier alpha value is -2.49. The van der Waals surface area contributed by atoms with Crippen molar-refractivity contribution in [2.24, 2.45) is 0 Å². The number of carbonyl (C=O) groups excluding carboxylic acids is 1. The summed E-state index contributed by atoms with van der Waals surface area (Å²) in [5, 5.41) is 6.41. The number of nitrogen functional groups attached to an aromatic ring is 1. The van der Waals surface area contributed by atoms with Crippen LogP contribution in [0.4, 0.5) is 5.82 Å². The van der Waals surface area contributed by atoms with Crippen molar-refractivity contribution in [3.63, 3.8) is 0 Å². The summed E-state index contributed by atoms with van der Waals surface area (Å²) in [7, 11) is 0. The van der Waals surface area contributed by atoms with Crippen LogP contribution < -0.4 is 16.4 Å². The molecule has 2 aromatic carbocycles. The minimum absolute atomic E-state index is 0.117. The quantitative estimate of drug-likeness (QED) is 0.382. The summed E-state index contributed by atoms with van der Waals surface area (Å²) >= 11 is 2.27. The Kier molecular flexibility index (Phi) is 7.62. The van der Waals surface area contributed by atoms with E-state index in [2.05, 4.69) is 70.3 Å². The number of pyridine rings is 1. The first kappa shape index (κ1) is 23.7. The van der Waals surface area contributed by atoms with E-state index in [0.29, 0.717) is 25.3 Å². The van der Waals surface area contributed by atoms with Crippen molar-refractivity contribution in [3.8, 4) is 11.1 Å². The number of anilines is 1. The second-order valence-electron chi connectivity index (χ2n) is 8.37. The minimum atomic E-state index is -0.238. The third-order valence-electron chi connectivity index (χ3n) is 6.07. The maximum Gasteiger partial charge on any atom is 0.255 e. The van der Waals surface area contributed by atoms with Gasteiger partial charge in [-0.3, -0.25) is 4.79 Å². The SMILES string of the molecule is CCc1cc(CO[C@H]2CNC[C@@H]2NC(=O)c2cc(-c3ccc(I)cc3)cnc2N)ccc1C. The van der Waals surface area contributed by atoms with Crippen molar-refractivity contribution in [2.75, 3.05) is 18.8 Å². The largest absolute Gasteiger partial charge is 0.383 e. The van der Waals surface area contributed by atoms with Crippen LogP contribution in [0.2, 0.25) is 0 Å². The monoisotopic (exact) mass is 556 g/mol. The lowest BCUT2D eigenvalue weighted by Crippen LogP contribution is -2.44. The van der Waals surface area contributed by atoms with Gasteiger partial charge in [-0.1, -0.05) is 37.3 Å². The van der Waals surface area contributed by atoms with Gasteiger partial charge in [-0.25, -0.2) is 4.98 Å². The average molecular weight is 556 g/mol. The number of hydrogen-bond donors (Lipinski definition) is 3. The van der Waals surface area contributed by atoms with Gasteiger partial charge in [-0.2, -0.15) is 0 Å². The van der Waals surface area contributed by atoms with Crippen LogP contribution in [0.25, 0.3) is 11.1 Å². The van der Waals surface area contributed by atoms with Gasteiger partial charge in [0.15, 0.2) is 0 Å². The molecule has 2 heterocycles. The van der Waals surface area contributed by atoms with E-state index in [9.17, 15) is 4.79 Å². The van der Waals surface area contributed by atoms with E-state index < -0.39 is 0 Å². The molecule has 0 unspecified atom stereocenters. The molecule has 1 amide bonds. The van der Waals surface area contributed by atoms with Crippen LogP contribution in [0.5, 0.6) is 0 Å². The number of nitrogens with one attached hydrogen (secondary N) is 2. The lowest BCUT2D eigenvalue weighted by atomic mass is 10.0. The van der Waals surface area contributed by atoms with Gasteiger partial charge in [-0.15, -0.1) is 0 Å². The third-order valence-corrected chi connectivity index (χ3v) is 6.79. The number of carbonyl (C=O) groups is 1. The number of nitrogens with zero attached hydrogens (tertiary/aromatic N) is 1. The molecule has 0 aliphatic carbocycles. The Balaban J connectivity index is 1.43. The Labute approximate surface area is 208 Å². The highest BCUT2D eigenvalue weighted by Gasteiger charge is 2.30. The first-order valence-corrected chi connectivity index (χ1v) is 12.3. The fraction of sp³-hybridized carbons (Fsp3) is 0.308. The number of nitrogens with two attached hydrogens (primary N) is 1. The van der Waals surface area contributed by atoms with E-state index in [1.54, 1.807) is 12.3 Å². The summed E-state index contributed by atoms with van der Waals surface area (Å²) in [6.45, 7) is 6.14. The summed E-state index contributed by atoms with van der Waals surface area (Å²) < 4.78 is 7.33. The molecule has 0 saturated carbocycles. The average Bonchev–Trinajstić information content (AvgIpc) is 3.26. The maximum atomic E-state index is 13.1. The summed E-state index contributed by atoms with van der Waals surface area (Å²) in [6, 6.07) is 16.2. The van der Waals surface area contributed by atoms with Crippen molar-refractivity contribution in [1.29, 1.82) is 0 Å². The van der Waals surface area contributed by atoms with Gasteiger partial charge in [0.05, 0.1) is 24.3 Å². The van der Waals surface area contributed by atoms with Gasteiger partial charge in [0.25, 0.3) is 5.91 Å². The molecule has 33 heavy (non-hydrogen) atoms. The van der Waals surface area contributed by atoms with E-state index in [1.165, 1.54) is 11.1 Å². The molecule has 2 atom stereocenters. The van der Waals surface area contributed by atoms with Gasteiger partial charge in [0.1, 0.15) is 5.82 Å². The van der Waals surface area contributed by atoms with Gasteiger partial charge in [-0.05, 0) is 76.4 Å². The van der Waals surface area contributed by atoms with Gasteiger partial charge >= 0.3 is 0 Å². The number of amides is 1. The molecule has 1 aromatic heterocycles. The standard InChI is InChI=1S/C26H29IN4O2/c1-3-18-10-17(5-4-16(18)2)15-33-24-14-29-13-23(24)31-26(32)22-11-20(12-30-25(22)28)19-6-8-21(27)9-7-19/h4-12,23-24,29H,3,13-15H2,1-2H3,(H2,28,30)(H,31,32)/t23-,24-/m0/s1. The van der Waals surface area contributed by atoms with Crippen LogP contribution in [-0.4, -0.2) is 36.1 Å². The van der Waals surface area contributed by atoms with Crippen LogP contribution in [0.1, 0.15) is 34.0 Å². The molecule has 6 nitrogen and oxygen atoms in total. The number of benzene rings is 2.